The van der Waals surface area contributed by atoms with Crippen molar-refractivity contribution in [2.45, 2.75) is 0 Å². The predicted molar refractivity (Wildman–Crippen MR) is 221 cm³/mol. The summed E-state index contributed by atoms with van der Waals surface area (Å²) in [5, 5.41) is 0. The van der Waals surface area contributed by atoms with Crippen LogP contribution in [0.15, 0.2) is 0 Å². The number of halogens is 18. The van der Waals surface area contributed by atoms with Crippen LogP contribution >= 0.6 is 223 Å². The van der Waals surface area contributed by atoms with Crippen LogP contribution in [0.2, 0.25) is 0 Å². The smallest absolute Gasteiger partial charge is 0.147 e. The third kappa shape index (κ3) is 2670. The van der Waals surface area contributed by atoms with Crippen LogP contribution in [0, 0.1) is 0 Å². The lowest BCUT2D eigenvalue weighted by atomic mass is 14.0. The average molecular weight is 963 g/mol. The molecule has 54 N–H and O–H groups in total. The third-order valence-electron chi connectivity index (χ3n) is 0. The molecule has 36 heteroatoms. The molecule has 0 aliphatic rings. The van der Waals surface area contributed by atoms with E-state index in [0.29, 0.717) is 0 Å². The maximum atomic E-state index is 0. The largest absolute Gasteiger partial charge is 0.344 e. The van der Waals surface area contributed by atoms with Gasteiger partial charge in [-0.25, -0.2) is 0 Å². The fraction of sp³-hybridized carbons (Fsp3) is 0. The molecule has 0 aromatic rings. The van der Waals surface area contributed by atoms with E-state index < -0.39 is 0 Å². The quantitative estimate of drug-likeness (QED) is 0.107. The lowest BCUT2D eigenvalue weighted by Crippen LogP contribution is -0.482. The Morgan fingerprint density at radius 3 is 0.0556 bits per heavy atom. The van der Waals surface area contributed by atoms with E-state index in [-0.39, 0.29) is 334 Å². The Kier molecular flexibility index (Phi) is 251000. The molecular formula is H72Cl18N18. The van der Waals surface area contributed by atoms with E-state index in [1.165, 1.54) is 0 Å². The van der Waals surface area contributed by atoms with E-state index in [9.17, 15) is 0 Å². The van der Waals surface area contributed by atoms with Crippen molar-refractivity contribution in [3.8, 4) is 0 Å². The van der Waals surface area contributed by atoms with Crippen LogP contribution in [0.5, 0.6) is 0 Å². The first-order valence-corrected chi connectivity index (χ1v) is 0. The van der Waals surface area contributed by atoms with Gasteiger partial charge in [-0.1, -0.05) is 0 Å². The summed E-state index contributed by atoms with van der Waals surface area (Å²) < 4.78 is 0. The van der Waals surface area contributed by atoms with Crippen LogP contribution in [0.25, 0.3) is 0 Å². The molecule has 0 atom stereocenters. The van der Waals surface area contributed by atoms with E-state index in [0.717, 1.165) is 0 Å². The molecular weight excluding hydrogens is 890 g/mol. The number of hydrogen-bond donors (Lipinski definition) is 18. The minimum absolute atomic E-state index is 0. The second kappa shape index (κ2) is 2890. The Balaban J connectivity index is 0. The van der Waals surface area contributed by atoms with Gasteiger partial charge < -0.3 is 111 Å². The Morgan fingerprint density at radius 2 is 0.0556 bits per heavy atom. The van der Waals surface area contributed by atoms with Gasteiger partial charge in [-0.15, -0.1) is 223 Å². The molecule has 0 rings (SSSR count). The summed E-state index contributed by atoms with van der Waals surface area (Å²) in [4.78, 5) is 0. The Labute approximate surface area is 331 Å². The van der Waals surface area contributed by atoms with Crippen LogP contribution < -0.4 is 111 Å². The molecule has 0 aromatic carbocycles. The minimum atomic E-state index is 0. The van der Waals surface area contributed by atoms with Gasteiger partial charge in [0.05, 0.1) is 0 Å². The zero-order valence-electron chi connectivity index (χ0n) is 20.1. The Morgan fingerprint density at radius 1 is 0.0556 bits per heavy atom. The summed E-state index contributed by atoms with van der Waals surface area (Å²) in [7, 11) is 0. The normalized spacial score (nSPS) is 0. The van der Waals surface area contributed by atoms with E-state index >= 15 is 0 Å². The molecule has 0 radical (unpaired) electrons. The van der Waals surface area contributed by atoms with Crippen LogP contribution in [0.3, 0.4) is 0 Å². The summed E-state index contributed by atoms with van der Waals surface area (Å²) in [5.74, 6) is 0. The summed E-state index contributed by atoms with van der Waals surface area (Å²) in [6.45, 7) is 0. The summed E-state index contributed by atoms with van der Waals surface area (Å²) in [6.07, 6.45) is 0. The predicted octanol–water partition coefficient (Wildman–Crippen LogP) is 10.5. The van der Waals surface area contributed by atoms with Crippen LogP contribution in [0.4, 0.5) is 0 Å². The van der Waals surface area contributed by atoms with Gasteiger partial charge in [0.2, 0.25) is 0 Å². The van der Waals surface area contributed by atoms with Gasteiger partial charge in [0, 0.05) is 0 Å². The zero-order chi connectivity index (χ0) is 0. The van der Waals surface area contributed by atoms with Gasteiger partial charge in [0.25, 0.3) is 0 Å². The summed E-state index contributed by atoms with van der Waals surface area (Å²) in [5.41, 5.74) is 0. The molecule has 0 fully saturated rings. The van der Waals surface area contributed by atoms with Crippen LogP contribution in [-0.4, -0.2) is 0 Å². The average Bonchev–Trinajstić information content (AvgIpc) is 0. The fourth-order valence-electron chi connectivity index (χ4n) is 0. The van der Waals surface area contributed by atoms with Crippen molar-refractivity contribution in [3.05, 3.63) is 0 Å². The van der Waals surface area contributed by atoms with Crippen molar-refractivity contribution >= 4 is 223 Å². The highest BCUT2D eigenvalue weighted by Crippen LogP contribution is 0.707. The first-order chi connectivity index (χ1) is 0. The lowest BCUT2D eigenvalue weighted by Gasteiger charge is -0.345. The molecule has 0 heterocycles. The van der Waals surface area contributed by atoms with E-state index in [4.69, 9.17) is 0 Å². The zero-order valence-corrected chi connectivity index (χ0v) is 34.8. The van der Waals surface area contributed by atoms with Crippen LogP contribution in [0.1, 0.15) is 0 Å². The van der Waals surface area contributed by atoms with E-state index in [1.54, 1.807) is 0 Å². The molecule has 0 spiro atoms. The van der Waals surface area contributed by atoms with Gasteiger partial charge in [0.15, 0.2) is 0 Å². The van der Waals surface area contributed by atoms with Gasteiger partial charge in [0.1, 0.15) is 0 Å². The molecule has 0 aromatic heterocycles. The molecule has 288 valence electrons. The first kappa shape index (κ1) is 3120. The molecule has 36 heavy (non-hydrogen) atoms. The number of hydrogen-bond acceptors (Lipinski definition) is 18. The summed E-state index contributed by atoms with van der Waals surface area (Å²) >= 11 is 0. The maximum Gasteiger partial charge on any atom is -0.147 e. The molecule has 0 saturated heterocycles. The Hall–Kier alpha value is 4.50. The monoisotopic (exact) mass is 954 g/mol. The topological polar surface area (TPSA) is 630 Å². The van der Waals surface area contributed by atoms with Crippen molar-refractivity contribution < 1.29 is 0 Å². The Bertz CT molecular complexity index is 36.0. The highest BCUT2D eigenvalue weighted by atomic mass is 35.5. The standard InChI is InChI=1S/18ClH.18H3N/h18*1H;18*1H3. The molecule has 0 aliphatic heterocycles. The van der Waals surface area contributed by atoms with Gasteiger partial charge >= 0.3 is 0 Å². The number of rotatable bonds is 0. The highest BCUT2D eigenvalue weighted by Gasteiger charge is -0.128. The fourth-order valence-corrected chi connectivity index (χ4v) is 0. The van der Waals surface area contributed by atoms with Crippen molar-refractivity contribution in [1.29, 1.82) is 0 Å². The first-order valence-electron chi connectivity index (χ1n) is 0. The lowest BCUT2D eigenvalue weighted by molar-refractivity contribution is 2.13. The minimum Gasteiger partial charge on any atom is -0.344 e. The molecule has 0 saturated carbocycles. The van der Waals surface area contributed by atoms with Crippen molar-refractivity contribution in [3.63, 3.8) is 0 Å². The second-order valence-electron chi connectivity index (χ2n) is 0. The van der Waals surface area contributed by atoms with Crippen molar-refractivity contribution in [1.82, 2.24) is 111 Å². The van der Waals surface area contributed by atoms with E-state index in [1.807, 2.05) is 0 Å². The SMILES string of the molecule is Cl.Cl.Cl.Cl.Cl.Cl.Cl.Cl.Cl.Cl.Cl.Cl.Cl.Cl.Cl.Cl.Cl.Cl.N.N.N.N.N.N.N.N.N.N.N.N.N.N.N.N.N.N. The highest BCUT2D eigenvalue weighted by molar-refractivity contribution is 5.87. The third-order valence-corrected chi connectivity index (χ3v) is 0. The van der Waals surface area contributed by atoms with E-state index in [2.05, 4.69) is 0 Å². The van der Waals surface area contributed by atoms with Gasteiger partial charge in [-0.2, -0.15) is 0 Å². The summed E-state index contributed by atoms with van der Waals surface area (Å²) in [6, 6.07) is 0. The van der Waals surface area contributed by atoms with Crippen molar-refractivity contribution in [2.24, 2.45) is 0 Å². The van der Waals surface area contributed by atoms with Gasteiger partial charge in [-0.05, 0) is 0 Å². The molecule has 0 bridgehead atoms. The molecule has 18 nitrogen and oxygen atoms in total. The maximum absolute atomic E-state index is 0. The molecule has 0 unspecified atom stereocenters. The van der Waals surface area contributed by atoms with Crippen LogP contribution in [-0.2, 0) is 0 Å². The molecule has 0 amide bonds. The molecule has 0 aliphatic carbocycles. The van der Waals surface area contributed by atoms with Crippen molar-refractivity contribution in [2.75, 3.05) is 0 Å². The van der Waals surface area contributed by atoms with Gasteiger partial charge in [-0.3, -0.25) is 0 Å². The second-order valence-corrected chi connectivity index (χ2v) is 0.